The lowest BCUT2D eigenvalue weighted by Gasteiger charge is -2.22. The molecule has 19 heavy (non-hydrogen) atoms. The lowest BCUT2D eigenvalue weighted by molar-refractivity contribution is -0.142. The van der Waals surface area contributed by atoms with Crippen LogP contribution in [-0.2, 0) is 4.79 Å². The van der Waals surface area contributed by atoms with Crippen LogP contribution in [0.5, 0.6) is 0 Å². The van der Waals surface area contributed by atoms with Crippen LogP contribution in [0.2, 0.25) is 0 Å². The van der Waals surface area contributed by atoms with Gasteiger partial charge in [0.05, 0.1) is 5.92 Å². The molecule has 104 valence electrons. The maximum absolute atomic E-state index is 11.5. The van der Waals surface area contributed by atoms with Crippen molar-refractivity contribution in [3.8, 4) is 0 Å². The quantitative estimate of drug-likeness (QED) is 0.809. The van der Waals surface area contributed by atoms with E-state index in [1.54, 1.807) is 0 Å². The summed E-state index contributed by atoms with van der Waals surface area (Å²) >= 11 is 0. The maximum Gasteiger partial charge on any atom is 0.307 e. The molecule has 1 aliphatic carbocycles. The fourth-order valence-corrected chi connectivity index (χ4v) is 3.13. The van der Waals surface area contributed by atoms with Crippen molar-refractivity contribution in [2.45, 2.75) is 57.8 Å². The van der Waals surface area contributed by atoms with Crippen molar-refractivity contribution in [2.75, 3.05) is 0 Å². The van der Waals surface area contributed by atoms with E-state index in [0.717, 1.165) is 25.7 Å². The molecule has 0 spiro atoms. The van der Waals surface area contributed by atoms with Crippen molar-refractivity contribution >= 4 is 5.97 Å². The first kappa shape index (κ1) is 14.1. The van der Waals surface area contributed by atoms with E-state index in [1.165, 1.54) is 17.5 Å². The summed E-state index contributed by atoms with van der Waals surface area (Å²) in [5.74, 6) is -0.105. The van der Waals surface area contributed by atoms with Gasteiger partial charge in [0.1, 0.15) is 0 Å². The molecule has 2 rings (SSSR count). The number of carboxylic acids is 1. The topological polar surface area (TPSA) is 37.3 Å². The molecule has 1 N–H and O–H groups in total. The number of carboxylic acid groups (broad SMARTS) is 1. The van der Waals surface area contributed by atoms with Crippen LogP contribution in [0, 0.1) is 5.92 Å². The van der Waals surface area contributed by atoms with Crippen LogP contribution in [0.15, 0.2) is 24.3 Å². The number of carbonyl (C=O) groups is 1. The molecule has 0 bridgehead atoms. The van der Waals surface area contributed by atoms with Gasteiger partial charge in [0.2, 0.25) is 0 Å². The van der Waals surface area contributed by atoms with Gasteiger partial charge >= 0.3 is 5.97 Å². The highest BCUT2D eigenvalue weighted by molar-refractivity contribution is 5.71. The minimum atomic E-state index is -0.625. The van der Waals surface area contributed by atoms with Crippen LogP contribution >= 0.6 is 0 Å². The molecule has 1 aromatic rings. The molecule has 2 atom stereocenters. The normalized spacial score (nSPS) is 24.2. The monoisotopic (exact) mass is 260 g/mol. The number of benzene rings is 1. The predicted octanol–water partition coefficient (Wildman–Crippen LogP) is 4.56. The van der Waals surface area contributed by atoms with Gasteiger partial charge in [-0.05, 0) is 35.8 Å². The Balaban J connectivity index is 2.23. The van der Waals surface area contributed by atoms with Gasteiger partial charge in [-0.1, -0.05) is 57.4 Å². The minimum Gasteiger partial charge on any atom is -0.481 e. The van der Waals surface area contributed by atoms with E-state index in [-0.39, 0.29) is 11.8 Å². The largest absolute Gasteiger partial charge is 0.481 e. The highest BCUT2D eigenvalue weighted by atomic mass is 16.4. The third-order valence-electron chi connectivity index (χ3n) is 4.36. The van der Waals surface area contributed by atoms with Gasteiger partial charge in [-0.3, -0.25) is 4.79 Å². The first-order valence-electron chi connectivity index (χ1n) is 7.42. The molecule has 1 fully saturated rings. The summed E-state index contributed by atoms with van der Waals surface area (Å²) in [6.45, 7) is 4.36. The Labute approximate surface area is 115 Å². The maximum atomic E-state index is 11.5. The van der Waals surface area contributed by atoms with Crippen LogP contribution in [-0.4, -0.2) is 11.1 Å². The van der Waals surface area contributed by atoms with Crippen LogP contribution < -0.4 is 0 Å². The number of hydrogen-bond acceptors (Lipinski definition) is 1. The molecule has 1 saturated carbocycles. The molecule has 0 heterocycles. The van der Waals surface area contributed by atoms with Gasteiger partial charge in [0, 0.05) is 0 Å². The van der Waals surface area contributed by atoms with Crippen molar-refractivity contribution < 1.29 is 9.90 Å². The van der Waals surface area contributed by atoms with Gasteiger partial charge in [0.15, 0.2) is 0 Å². The second-order valence-electron chi connectivity index (χ2n) is 6.01. The van der Waals surface area contributed by atoms with Crippen LogP contribution in [0.1, 0.15) is 68.9 Å². The molecular formula is C17H24O2. The average Bonchev–Trinajstić information content (AvgIpc) is 2.64. The lowest BCUT2D eigenvalue weighted by Crippen LogP contribution is -2.21. The van der Waals surface area contributed by atoms with Gasteiger partial charge < -0.3 is 5.11 Å². The second-order valence-corrected chi connectivity index (χ2v) is 6.01. The molecule has 0 aromatic heterocycles. The standard InChI is InChI=1S/C17H24O2/c1-12(2)13-8-10-14(11-9-13)15-6-4-3-5-7-16(15)17(18)19/h8-12,15-16H,3-7H2,1-2H3,(H,18,19). The molecule has 1 aliphatic rings. The molecule has 0 saturated heterocycles. The smallest absolute Gasteiger partial charge is 0.307 e. The van der Waals surface area contributed by atoms with Crippen molar-refractivity contribution in [1.29, 1.82) is 0 Å². The molecule has 0 aliphatic heterocycles. The Morgan fingerprint density at radius 3 is 2.32 bits per heavy atom. The van der Waals surface area contributed by atoms with E-state index in [1.807, 2.05) is 0 Å². The summed E-state index contributed by atoms with van der Waals surface area (Å²) in [4.78, 5) is 11.5. The van der Waals surface area contributed by atoms with E-state index in [9.17, 15) is 9.90 Å². The molecule has 2 nitrogen and oxygen atoms in total. The Morgan fingerprint density at radius 1 is 1.11 bits per heavy atom. The molecule has 2 unspecified atom stereocenters. The summed E-state index contributed by atoms with van der Waals surface area (Å²) in [5.41, 5.74) is 2.53. The Hall–Kier alpha value is -1.31. The molecule has 0 amide bonds. The zero-order valence-corrected chi connectivity index (χ0v) is 11.9. The van der Waals surface area contributed by atoms with Crippen LogP contribution in [0.4, 0.5) is 0 Å². The summed E-state index contributed by atoms with van der Waals surface area (Å²) in [7, 11) is 0. The van der Waals surface area contributed by atoms with Gasteiger partial charge in [-0.25, -0.2) is 0 Å². The summed E-state index contributed by atoms with van der Waals surface area (Å²) in [6, 6.07) is 8.59. The van der Waals surface area contributed by atoms with Crippen molar-refractivity contribution in [2.24, 2.45) is 5.92 Å². The zero-order valence-electron chi connectivity index (χ0n) is 11.9. The third-order valence-corrected chi connectivity index (χ3v) is 4.36. The van der Waals surface area contributed by atoms with E-state index < -0.39 is 5.97 Å². The van der Waals surface area contributed by atoms with Crippen LogP contribution in [0.25, 0.3) is 0 Å². The highest BCUT2D eigenvalue weighted by Crippen LogP contribution is 2.37. The Bertz CT molecular complexity index is 419. The van der Waals surface area contributed by atoms with E-state index >= 15 is 0 Å². The van der Waals surface area contributed by atoms with E-state index in [2.05, 4.69) is 38.1 Å². The number of aliphatic carboxylic acids is 1. The predicted molar refractivity (Wildman–Crippen MR) is 77.5 cm³/mol. The Kier molecular flexibility index (Phi) is 4.62. The van der Waals surface area contributed by atoms with Gasteiger partial charge in [0.25, 0.3) is 0 Å². The fourth-order valence-electron chi connectivity index (χ4n) is 3.13. The second kappa shape index (κ2) is 6.23. The van der Waals surface area contributed by atoms with Crippen molar-refractivity contribution in [1.82, 2.24) is 0 Å². The SMILES string of the molecule is CC(C)c1ccc(C2CCCCCC2C(=O)O)cc1. The first-order chi connectivity index (χ1) is 9.09. The van der Waals surface area contributed by atoms with Gasteiger partial charge in [-0.2, -0.15) is 0 Å². The van der Waals surface area contributed by atoms with Crippen molar-refractivity contribution in [3.05, 3.63) is 35.4 Å². The number of hydrogen-bond donors (Lipinski definition) is 1. The van der Waals surface area contributed by atoms with Gasteiger partial charge in [-0.15, -0.1) is 0 Å². The lowest BCUT2D eigenvalue weighted by atomic mass is 9.82. The molecule has 1 aromatic carbocycles. The highest BCUT2D eigenvalue weighted by Gasteiger charge is 2.30. The molecular weight excluding hydrogens is 236 g/mol. The summed E-state index contributed by atoms with van der Waals surface area (Å²) in [5, 5.41) is 9.44. The fraction of sp³-hybridized carbons (Fsp3) is 0.588. The zero-order chi connectivity index (χ0) is 13.8. The Morgan fingerprint density at radius 2 is 1.74 bits per heavy atom. The van der Waals surface area contributed by atoms with E-state index in [0.29, 0.717) is 5.92 Å². The molecule has 2 heteroatoms. The average molecular weight is 260 g/mol. The first-order valence-corrected chi connectivity index (χ1v) is 7.42. The minimum absolute atomic E-state index is 0.196. The molecule has 0 radical (unpaired) electrons. The van der Waals surface area contributed by atoms with E-state index in [4.69, 9.17) is 0 Å². The third kappa shape index (κ3) is 3.37. The van der Waals surface area contributed by atoms with Crippen molar-refractivity contribution in [3.63, 3.8) is 0 Å². The van der Waals surface area contributed by atoms with Crippen LogP contribution in [0.3, 0.4) is 0 Å². The summed E-state index contributed by atoms with van der Waals surface area (Å²) in [6.07, 6.45) is 5.21. The number of rotatable bonds is 3. The summed E-state index contributed by atoms with van der Waals surface area (Å²) < 4.78 is 0.